The van der Waals surface area contributed by atoms with Crippen molar-refractivity contribution in [2.75, 3.05) is 73.9 Å². The normalized spacial score (nSPS) is 14.9. The Bertz CT molecular complexity index is 779. The van der Waals surface area contributed by atoms with Crippen LogP contribution in [0.2, 0.25) is 0 Å². The van der Waals surface area contributed by atoms with Crippen molar-refractivity contribution in [3.05, 3.63) is 47.5 Å². The van der Waals surface area contributed by atoms with E-state index in [9.17, 15) is 25.2 Å². The number of carbonyl (C=O) groups is 1. The molecule has 0 aromatic heterocycles. The highest BCUT2D eigenvalue weighted by Gasteiger charge is 2.19. The number of ether oxygens (including phenoxy) is 4. The lowest BCUT2D eigenvalue weighted by Gasteiger charge is -2.28. The molecule has 4 N–H and O–H groups in total. The van der Waals surface area contributed by atoms with Gasteiger partial charge in [-0.15, -0.1) is 0 Å². The fraction of sp³-hybridized carbons (Fsp3) is 0.667. The van der Waals surface area contributed by atoms with Gasteiger partial charge in [-0.1, -0.05) is 30.8 Å². The second kappa shape index (κ2) is 19.2. The molecule has 0 fully saturated rings. The van der Waals surface area contributed by atoms with Gasteiger partial charge < -0.3 is 39.4 Å². The molecule has 0 aliphatic rings. The van der Waals surface area contributed by atoms with E-state index in [-0.39, 0.29) is 45.1 Å². The van der Waals surface area contributed by atoms with Crippen molar-refractivity contribution in [2.45, 2.75) is 44.4 Å². The van der Waals surface area contributed by atoms with Crippen LogP contribution in [-0.2, 0) is 36.8 Å². The zero-order valence-corrected chi connectivity index (χ0v) is 23.1. The van der Waals surface area contributed by atoms with E-state index in [1.54, 1.807) is 0 Å². The molecule has 38 heavy (non-hydrogen) atoms. The predicted molar refractivity (Wildman–Crippen MR) is 142 cm³/mol. The predicted octanol–water partition coefficient (Wildman–Crippen LogP) is -0.207. The van der Waals surface area contributed by atoms with Crippen LogP contribution in [0.4, 0.5) is 0 Å². The van der Waals surface area contributed by atoms with Crippen LogP contribution in [0.15, 0.2) is 36.4 Å². The Morgan fingerprint density at radius 2 is 1.03 bits per heavy atom. The first kappa shape index (κ1) is 34.1. The number of benzene rings is 1. The number of nitrogens with zero attached hydrogens (tertiary/aromatic N) is 2. The Kier molecular flexibility index (Phi) is 17.2. The van der Waals surface area contributed by atoms with Crippen LogP contribution in [0, 0.1) is 0 Å². The van der Waals surface area contributed by atoms with Crippen molar-refractivity contribution in [2.24, 2.45) is 0 Å². The summed E-state index contributed by atoms with van der Waals surface area (Å²) in [6.45, 7) is 7.45. The number of hydrogen-bond acceptors (Lipinski definition) is 11. The molecule has 4 unspecified atom stereocenters. The molecule has 0 aliphatic heterocycles. The number of methoxy groups -OCH3 is 3. The number of aliphatic hydroxyl groups excluding tert-OH is 4. The van der Waals surface area contributed by atoms with E-state index in [0.717, 1.165) is 11.1 Å². The molecule has 0 saturated heterocycles. The minimum atomic E-state index is -0.946. The Morgan fingerprint density at radius 3 is 1.32 bits per heavy atom. The van der Waals surface area contributed by atoms with Gasteiger partial charge in [0.2, 0.25) is 0 Å². The summed E-state index contributed by atoms with van der Waals surface area (Å²) in [4.78, 5) is 15.4. The van der Waals surface area contributed by atoms with Crippen molar-refractivity contribution >= 4 is 5.97 Å². The highest BCUT2D eigenvalue weighted by Crippen LogP contribution is 2.13. The highest BCUT2D eigenvalue weighted by molar-refractivity contribution is 5.86. The van der Waals surface area contributed by atoms with E-state index in [2.05, 4.69) is 6.58 Å². The minimum absolute atomic E-state index is 0.149. The second-order valence-electron chi connectivity index (χ2n) is 9.56. The van der Waals surface area contributed by atoms with Crippen molar-refractivity contribution in [1.82, 2.24) is 9.80 Å². The van der Waals surface area contributed by atoms with Gasteiger partial charge in [0.05, 0.1) is 38.1 Å². The van der Waals surface area contributed by atoms with Gasteiger partial charge in [-0.2, -0.15) is 0 Å². The minimum Gasteiger partial charge on any atom is -0.460 e. The molecule has 0 heterocycles. The fourth-order valence-electron chi connectivity index (χ4n) is 3.95. The van der Waals surface area contributed by atoms with E-state index in [4.69, 9.17) is 18.9 Å². The molecule has 0 radical (unpaired) electrons. The summed E-state index contributed by atoms with van der Waals surface area (Å²) in [6, 6.07) is 7.83. The number of rotatable bonds is 21. The standard InChI is InChI=1S/C27H46N2O9/c1-20(2)27(34)38-19-26(33)15-29(14-25(32)18-37-5)11-22-8-6-21(7-9-22)10-28(12-23(30)16-35-3)13-24(31)17-36-4/h6-9,23-26,30-33H,1,10-19H2,2-5H3. The van der Waals surface area contributed by atoms with Crippen LogP contribution in [0.25, 0.3) is 0 Å². The third kappa shape index (κ3) is 14.9. The lowest BCUT2D eigenvalue weighted by Crippen LogP contribution is -2.40. The summed E-state index contributed by atoms with van der Waals surface area (Å²) in [5.41, 5.74) is 2.19. The summed E-state index contributed by atoms with van der Waals surface area (Å²) in [7, 11) is 4.55. The summed E-state index contributed by atoms with van der Waals surface area (Å²) >= 11 is 0. The summed E-state index contributed by atoms with van der Waals surface area (Å²) in [5.74, 6) is -0.566. The number of carbonyl (C=O) groups excluding carboxylic acids is 1. The molecule has 11 heteroatoms. The molecule has 0 amide bonds. The van der Waals surface area contributed by atoms with Crippen molar-refractivity contribution in [3.63, 3.8) is 0 Å². The molecular weight excluding hydrogens is 496 g/mol. The van der Waals surface area contributed by atoms with Crippen LogP contribution in [-0.4, -0.2) is 135 Å². The molecule has 218 valence electrons. The Hall–Kier alpha value is -1.93. The molecular formula is C27H46N2O9. The quantitative estimate of drug-likeness (QED) is 0.121. The number of hydrogen-bond donors (Lipinski definition) is 4. The lowest BCUT2D eigenvalue weighted by molar-refractivity contribution is -0.142. The van der Waals surface area contributed by atoms with Gasteiger partial charge in [-0.05, 0) is 18.1 Å². The molecule has 4 atom stereocenters. The number of esters is 1. The molecule has 1 aromatic rings. The molecule has 1 rings (SSSR count). The molecule has 0 bridgehead atoms. The Balaban J connectivity index is 2.85. The highest BCUT2D eigenvalue weighted by atomic mass is 16.5. The zero-order valence-electron chi connectivity index (χ0n) is 23.1. The third-order valence-corrected chi connectivity index (χ3v) is 5.54. The Labute approximate surface area is 226 Å². The van der Waals surface area contributed by atoms with E-state index >= 15 is 0 Å². The van der Waals surface area contributed by atoms with E-state index in [0.29, 0.717) is 26.2 Å². The fourth-order valence-corrected chi connectivity index (χ4v) is 3.95. The molecule has 11 nitrogen and oxygen atoms in total. The largest absolute Gasteiger partial charge is 0.460 e. The summed E-state index contributed by atoms with van der Waals surface area (Å²) in [5, 5.41) is 41.1. The first-order valence-corrected chi connectivity index (χ1v) is 12.6. The maximum atomic E-state index is 11.6. The van der Waals surface area contributed by atoms with Gasteiger partial charge in [0, 0.05) is 66.2 Å². The average Bonchev–Trinajstić information content (AvgIpc) is 2.84. The Morgan fingerprint density at radius 1 is 0.711 bits per heavy atom. The van der Waals surface area contributed by atoms with E-state index in [1.807, 2.05) is 34.1 Å². The third-order valence-electron chi connectivity index (χ3n) is 5.54. The summed E-state index contributed by atoms with van der Waals surface area (Å²) in [6.07, 6.45) is -3.09. The maximum absolute atomic E-state index is 11.6. The van der Waals surface area contributed by atoms with Gasteiger partial charge >= 0.3 is 5.97 Å². The van der Waals surface area contributed by atoms with E-state index in [1.165, 1.54) is 28.3 Å². The monoisotopic (exact) mass is 542 g/mol. The van der Waals surface area contributed by atoms with Crippen molar-refractivity contribution in [3.8, 4) is 0 Å². The average molecular weight is 543 g/mol. The van der Waals surface area contributed by atoms with Crippen LogP contribution < -0.4 is 0 Å². The molecule has 0 spiro atoms. The van der Waals surface area contributed by atoms with Crippen LogP contribution in [0.1, 0.15) is 18.1 Å². The van der Waals surface area contributed by atoms with Crippen molar-refractivity contribution < 1.29 is 44.2 Å². The SMILES string of the molecule is C=C(C)C(=O)OCC(O)CN(Cc1ccc(CN(CC(O)COC)CC(O)COC)cc1)CC(O)COC. The zero-order chi connectivity index (χ0) is 28.5. The lowest BCUT2D eigenvalue weighted by atomic mass is 10.1. The van der Waals surface area contributed by atoms with Gasteiger partial charge in [0.25, 0.3) is 0 Å². The van der Waals surface area contributed by atoms with E-state index < -0.39 is 30.4 Å². The number of aliphatic hydroxyl groups is 4. The van der Waals surface area contributed by atoms with Crippen LogP contribution in [0.5, 0.6) is 0 Å². The summed E-state index contributed by atoms with van der Waals surface area (Å²) < 4.78 is 20.1. The molecule has 0 saturated carbocycles. The smallest absolute Gasteiger partial charge is 0.333 e. The second-order valence-corrected chi connectivity index (χ2v) is 9.56. The van der Waals surface area contributed by atoms with Gasteiger partial charge in [-0.25, -0.2) is 4.79 Å². The van der Waals surface area contributed by atoms with Crippen molar-refractivity contribution in [1.29, 1.82) is 0 Å². The van der Waals surface area contributed by atoms with Crippen LogP contribution in [0.3, 0.4) is 0 Å². The van der Waals surface area contributed by atoms with Crippen LogP contribution >= 0.6 is 0 Å². The molecule has 1 aromatic carbocycles. The maximum Gasteiger partial charge on any atom is 0.333 e. The first-order chi connectivity index (χ1) is 18.1. The van der Waals surface area contributed by atoms with Gasteiger partial charge in [-0.3, -0.25) is 9.80 Å². The first-order valence-electron chi connectivity index (χ1n) is 12.6. The molecule has 0 aliphatic carbocycles. The van der Waals surface area contributed by atoms with Gasteiger partial charge in [0.1, 0.15) is 12.7 Å². The van der Waals surface area contributed by atoms with Gasteiger partial charge in [0.15, 0.2) is 0 Å². The topological polar surface area (TPSA) is 141 Å².